The number of nitrogens with one attached hydrogen (secondary N) is 2. The predicted molar refractivity (Wildman–Crippen MR) is 146 cm³/mol. The fourth-order valence-corrected chi connectivity index (χ4v) is 8.16. The van der Waals surface area contributed by atoms with E-state index in [4.69, 9.17) is 35.2 Å². The third kappa shape index (κ3) is 7.72. The molecule has 0 saturated carbocycles. The summed E-state index contributed by atoms with van der Waals surface area (Å²) in [5, 5.41) is 0.164. The van der Waals surface area contributed by atoms with Gasteiger partial charge in [-0.2, -0.15) is 0 Å². The van der Waals surface area contributed by atoms with Crippen LogP contribution in [0.1, 0.15) is 23.6 Å². The first-order valence-corrected chi connectivity index (χ1v) is 15.7. The molecule has 0 aliphatic carbocycles. The van der Waals surface area contributed by atoms with Gasteiger partial charge in [0.2, 0.25) is 11.8 Å². The number of carbonyl (C=O) groups is 2. The van der Waals surface area contributed by atoms with Crippen molar-refractivity contribution in [2.45, 2.75) is 35.4 Å². The molecule has 0 fully saturated rings. The molecule has 0 aliphatic heterocycles. The second kappa shape index (κ2) is 11.8. The van der Waals surface area contributed by atoms with Crippen LogP contribution in [-0.4, -0.2) is 37.5 Å². The van der Waals surface area contributed by atoms with Crippen molar-refractivity contribution in [3.8, 4) is 0 Å². The van der Waals surface area contributed by atoms with Gasteiger partial charge in [-0.25, -0.2) is 25.7 Å². The molecule has 3 rings (SSSR count). The lowest BCUT2D eigenvalue weighted by molar-refractivity contribution is -0.125. The molecular formula is C20H19Cl3N4O6S4. The second-order valence-corrected chi connectivity index (χ2v) is 14.8. The fourth-order valence-electron chi connectivity index (χ4n) is 2.75. The maximum Gasteiger partial charge on any atom is 0.271 e. The molecule has 0 aliphatic rings. The van der Waals surface area contributed by atoms with Gasteiger partial charge < -0.3 is 0 Å². The van der Waals surface area contributed by atoms with Crippen LogP contribution in [0.15, 0.2) is 50.9 Å². The van der Waals surface area contributed by atoms with Crippen molar-refractivity contribution in [2.24, 2.45) is 0 Å². The molecule has 0 bridgehead atoms. The third-order valence-corrected chi connectivity index (χ3v) is 11.4. The quantitative estimate of drug-likeness (QED) is 0.296. The van der Waals surface area contributed by atoms with Gasteiger partial charge in [0.05, 0.1) is 24.5 Å². The summed E-state index contributed by atoms with van der Waals surface area (Å²) in [5.74, 6) is -0.794. The first-order valence-electron chi connectivity index (χ1n) is 10.1. The van der Waals surface area contributed by atoms with Gasteiger partial charge in [-0.15, -0.1) is 22.7 Å². The van der Waals surface area contributed by atoms with Gasteiger partial charge in [0.25, 0.3) is 20.0 Å². The Morgan fingerprint density at radius 2 is 1.19 bits per heavy atom. The SMILES string of the molecule is CC(=O)N(Cl)Cc1ccc(S(=O)(=O)Nc2ccc(Cl)cc2NS(=O)(=O)c2ccc(CN(Cl)C(C)=O)s2)s1. The van der Waals surface area contributed by atoms with E-state index in [1.807, 2.05) is 0 Å². The molecule has 2 N–H and O–H groups in total. The number of anilines is 2. The lowest BCUT2D eigenvalue weighted by atomic mass is 10.3. The Bertz CT molecular complexity index is 1540. The molecular weight excluding hydrogens is 627 g/mol. The van der Waals surface area contributed by atoms with E-state index < -0.39 is 31.9 Å². The maximum atomic E-state index is 13.0. The number of amides is 2. The molecule has 10 nitrogen and oxygen atoms in total. The van der Waals surface area contributed by atoms with Crippen molar-refractivity contribution in [1.82, 2.24) is 8.84 Å². The van der Waals surface area contributed by atoms with E-state index in [0.29, 0.717) is 9.75 Å². The van der Waals surface area contributed by atoms with Gasteiger partial charge in [0.15, 0.2) is 0 Å². The largest absolute Gasteiger partial charge is 0.277 e. The molecule has 0 saturated heterocycles. The summed E-state index contributed by atoms with van der Waals surface area (Å²) in [6.45, 7) is 2.57. The van der Waals surface area contributed by atoms with Gasteiger partial charge in [-0.05, 0) is 42.5 Å². The van der Waals surface area contributed by atoms with Crippen LogP contribution in [-0.2, 0) is 42.7 Å². The average molecular weight is 646 g/mol. The standard InChI is InChI=1S/C20H19Cl3N4O6S4/c1-12(28)26(22)10-15-4-7-19(34-15)36(30,31)24-17-6-3-14(21)9-18(17)25-37(32,33)20-8-5-16(35-20)11-27(23)13(2)29/h3-9,24-25H,10-11H2,1-2H3. The monoisotopic (exact) mass is 644 g/mol. The van der Waals surface area contributed by atoms with E-state index >= 15 is 0 Å². The Labute approximate surface area is 237 Å². The normalized spacial score (nSPS) is 11.7. The molecule has 0 radical (unpaired) electrons. The van der Waals surface area contributed by atoms with Crippen molar-refractivity contribution in [3.05, 3.63) is 57.2 Å². The Morgan fingerprint density at radius 3 is 1.62 bits per heavy atom. The molecule has 0 spiro atoms. The summed E-state index contributed by atoms with van der Waals surface area (Å²) in [7, 11) is -8.27. The molecule has 3 aromatic rings. The molecule has 2 heterocycles. The lowest BCUT2D eigenvalue weighted by Crippen LogP contribution is -2.17. The summed E-state index contributed by atoms with van der Waals surface area (Å²) in [6.07, 6.45) is 0. The van der Waals surface area contributed by atoms with Gasteiger partial charge >= 0.3 is 0 Å². The number of nitrogens with zero attached hydrogens (tertiary/aromatic N) is 2. The summed E-state index contributed by atoms with van der Waals surface area (Å²) in [6, 6.07) is 9.71. The minimum absolute atomic E-state index is 0.00991. The van der Waals surface area contributed by atoms with Crippen LogP contribution in [0, 0.1) is 0 Å². The van der Waals surface area contributed by atoms with Crippen molar-refractivity contribution in [3.63, 3.8) is 0 Å². The van der Waals surface area contributed by atoms with Crippen LogP contribution in [0.2, 0.25) is 5.02 Å². The number of benzene rings is 1. The first kappa shape index (κ1) is 29.5. The maximum absolute atomic E-state index is 13.0. The predicted octanol–water partition coefficient (Wildman–Crippen LogP) is 5.07. The minimum atomic E-state index is -4.15. The van der Waals surface area contributed by atoms with E-state index in [-0.39, 0.29) is 37.9 Å². The zero-order chi connectivity index (χ0) is 27.5. The van der Waals surface area contributed by atoms with E-state index in [9.17, 15) is 26.4 Å². The zero-order valence-electron chi connectivity index (χ0n) is 19.1. The van der Waals surface area contributed by atoms with Gasteiger partial charge in [0.1, 0.15) is 8.42 Å². The Morgan fingerprint density at radius 1 is 0.757 bits per heavy atom. The number of halogens is 3. The fraction of sp³-hybridized carbons (Fsp3) is 0.200. The van der Waals surface area contributed by atoms with Gasteiger partial charge in [-0.3, -0.25) is 19.0 Å². The zero-order valence-corrected chi connectivity index (χ0v) is 24.6. The molecule has 0 atom stereocenters. The summed E-state index contributed by atoms with van der Waals surface area (Å²) in [5.41, 5.74) is -0.167. The van der Waals surface area contributed by atoms with Crippen LogP contribution in [0.4, 0.5) is 11.4 Å². The van der Waals surface area contributed by atoms with Crippen LogP contribution in [0.3, 0.4) is 0 Å². The number of carbonyl (C=O) groups excluding carboxylic acids is 2. The Hall–Kier alpha value is -2.07. The van der Waals surface area contributed by atoms with E-state index in [1.165, 1.54) is 56.3 Å². The number of sulfonamides is 2. The number of rotatable bonds is 10. The lowest BCUT2D eigenvalue weighted by Gasteiger charge is -2.14. The molecule has 2 amide bonds. The Balaban J connectivity index is 1.84. The van der Waals surface area contributed by atoms with Crippen LogP contribution in [0.5, 0.6) is 0 Å². The van der Waals surface area contributed by atoms with Crippen molar-refractivity contribution >= 4 is 101 Å². The van der Waals surface area contributed by atoms with Gasteiger partial charge in [0, 0.05) is 52.2 Å². The summed E-state index contributed by atoms with van der Waals surface area (Å²) >= 11 is 19.5. The van der Waals surface area contributed by atoms with Crippen LogP contribution in [0.25, 0.3) is 0 Å². The van der Waals surface area contributed by atoms with E-state index in [1.54, 1.807) is 0 Å². The topological polar surface area (TPSA) is 133 Å². The van der Waals surface area contributed by atoms with E-state index in [2.05, 4.69) is 9.44 Å². The molecule has 0 unspecified atom stereocenters. The van der Waals surface area contributed by atoms with Crippen LogP contribution < -0.4 is 9.44 Å². The second-order valence-electron chi connectivity index (χ2n) is 7.42. The van der Waals surface area contributed by atoms with Crippen molar-refractivity contribution in [2.75, 3.05) is 9.44 Å². The highest BCUT2D eigenvalue weighted by Gasteiger charge is 2.23. The molecule has 1 aromatic carbocycles. The summed E-state index contributed by atoms with van der Waals surface area (Å²) < 4.78 is 58.4. The molecule has 17 heteroatoms. The first-order chi connectivity index (χ1) is 17.2. The van der Waals surface area contributed by atoms with Crippen molar-refractivity contribution < 1.29 is 26.4 Å². The van der Waals surface area contributed by atoms with Crippen LogP contribution >= 0.6 is 57.8 Å². The minimum Gasteiger partial charge on any atom is -0.277 e. The smallest absolute Gasteiger partial charge is 0.271 e. The molecule has 2 aromatic heterocycles. The van der Waals surface area contributed by atoms with Gasteiger partial charge in [-0.1, -0.05) is 11.6 Å². The average Bonchev–Trinajstić information content (AvgIpc) is 3.46. The highest BCUT2D eigenvalue weighted by Crippen LogP contribution is 2.33. The van der Waals surface area contributed by atoms with Crippen molar-refractivity contribution in [1.29, 1.82) is 0 Å². The third-order valence-electron chi connectivity index (χ3n) is 4.55. The number of hydrogen-bond donors (Lipinski definition) is 2. The highest BCUT2D eigenvalue weighted by molar-refractivity contribution is 7.95. The highest BCUT2D eigenvalue weighted by atomic mass is 35.5. The number of hydrogen-bond acceptors (Lipinski definition) is 8. The summed E-state index contributed by atoms with van der Waals surface area (Å²) in [4.78, 5) is 23.7. The Kier molecular flexibility index (Phi) is 9.37. The number of thiophene rings is 2. The molecule has 200 valence electrons. The molecule has 37 heavy (non-hydrogen) atoms. The van der Waals surface area contributed by atoms with E-state index in [0.717, 1.165) is 31.5 Å².